The van der Waals surface area contributed by atoms with E-state index < -0.39 is 0 Å². The summed E-state index contributed by atoms with van der Waals surface area (Å²) in [4.78, 5) is 13.0. The summed E-state index contributed by atoms with van der Waals surface area (Å²) in [6.07, 6.45) is 1.42. The van der Waals surface area contributed by atoms with Gasteiger partial charge in [-0.1, -0.05) is 40.2 Å². The second kappa shape index (κ2) is 8.12. The molecule has 0 bridgehead atoms. The first-order valence-electron chi connectivity index (χ1n) is 6.47. The largest absolute Gasteiger partial charge is 0.326 e. The normalized spacial score (nSPS) is 10.2. The van der Waals surface area contributed by atoms with Gasteiger partial charge in [-0.3, -0.25) is 4.79 Å². The van der Waals surface area contributed by atoms with Crippen molar-refractivity contribution < 1.29 is 4.79 Å². The van der Waals surface area contributed by atoms with Crippen molar-refractivity contribution in [3.05, 3.63) is 59.1 Å². The third kappa shape index (κ3) is 5.39. The molecule has 2 aromatic rings. The highest BCUT2D eigenvalue weighted by Crippen LogP contribution is 2.19. The Balaban J connectivity index is 1.68. The average molecular weight is 350 g/mol. The van der Waals surface area contributed by atoms with E-state index in [1.54, 1.807) is 11.8 Å². The zero-order valence-corrected chi connectivity index (χ0v) is 13.4. The van der Waals surface area contributed by atoms with Crippen molar-refractivity contribution in [1.82, 2.24) is 0 Å². The van der Waals surface area contributed by atoms with E-state index in [4.69, 9.17) is 0 Å². The number of hydrogen-bond donors (Lipinski definition) is 1. The van der Waals surface area contributed by atoms with Gasteiger partial charge in [-0.05, 0) is 42.5 Å². The van der Waals surface area contributed by atoms with Gasteiger partial charge in [0.05, 0.1) is 0 Å². The first kappa shape index (κ1) is 15.1. The van der Waals surface area contributed by atoms with Crippen LogP contribution in [-0.2, 0) is 4.79 Å². The van der Waals surface area contributed by atoms with Crippen molar-refractivity contribution in [3.8, 4) is 0 Å². The van der Waals surface area contributed by atoms with Gasteiger partial charge in [0.25, 0.3) is 0 Å². The third-order valence-corrected chi connectivity index (χ3v) is 4.26. The van der Waals surface area contributed by atoms with Crippen LogP contribution in [0.1, 0.15) is 12.8 Å². The zero-order chi connectivity index (χ0) is 14.2. The molecule has 0 fully saturated rings. The highest BCUT2D eigenvalue weighted by Gasteiger charge is 2.03. The lowest BCUT2D eigenvalue weighted by atomic mass is 10.3. The molecule has 104 valence electrons. The van der Waals surface area contributed by atoms with Crippen LogP contribution in [0.3, 0.4) is 0 Å². The molecule has 0 aromatic heterocycles. The molecule has 2 nitrogen and oxygen atoms in total. The van der Waals surface area contributed by atoms with Crippen molar-refractivity contribution in [2.45, 2.75) is 17.7 Å². The molecule has 0 heterocycles. The van der Waals surface area contributed by atoms with E-state index in [0.29, 0.717) is 6.42 Å². The van der Waals surface area contributed by atoms with Crippen LogP contribution in [0.25, 0.3) is 0 Å². The number of benzene rings is 2. The summed E-state index contributed by atoms with van der Waals surface area (Å²) in [5, 5.41) is 2.90. The maximum Gasteiger partial charge on any atom is 0.224 e. The van der Waals surface area contributed by atoms with E-state index in [9.17, 15) is 4.79 Å². The van der Waals surface area contributed by atoms with Crippen LogP contribution in [0.2, 0.25) is 0 Å². The molecule has 1 amide bonds. The van der Waals surface area contributed by atoms with Crippen LogP contribution in [0.5, 0.6) is 0 Å². The van der Waals surface area contributed by atoms with Crippen LogP contribution >= 0.6 is 27.7 Å². The predicted octanol–water partition coefficient (Wildman–Crippen LogP) is 4.96. The molecule has 4 heteroatoms. The first-order valence-corrected chi connectivity index (χ1v) is 8.25. The molecule has 0 aliphatic carbocycles. The number of hydrogen-bond acceptors (Lipinski definition) is 2. The molecular weight excluding hydrogens is 334 g/mol. The van der Waals surface area contributed by atoms with Crippen molar-refractivity contribution in [2.75, 3.05) is 11.1 Å². The second-order valence-electron chi connectivity index (χ2n) is 4.32. The Kier molecular flexibility index (Phi) is 6.15. The number of carbonyl (C=O) groups excluding carboxylic acids is 1. The number of anilines is 1. The van der Waals surface area contributed by atoms with E-state index in [-0.39, 0.29) is 5.91 Å². The minimum atomic E-state index is 0.0664. The quantitative estimate of drug-likeness (QED) is 0.589. The highest BCUT2D eigenvalue weighted by atomic mass is 79.9. The van der Waals surface area contributed by atoms with Gasteiger partial charge in [0.1, 0.15) is 0 Å². The van der Waals surface area contributed by atoms with Crippen LogP contribution in [0, 0.1) is 0 Å². The fourth-order valence-corrected chi connectivity index (χ4v) is 3.00. The Bertz CT molecular complexity index is 559. The van der Waals surface area contributed by atoms with E-state index in [0.717, 1.165) is 22.3 Å². The van der Waals surface area contributed by atoms with Crippen LogP contribution in [0.4, 0.5) is 5.69 Å². The number of rotatable bonds is 6. The number of halogens is 1. The molecule has 0 unspecified atom stereocenters. The summed E-state index contributed by atoms with van der Waals surface area (Å²) in [7, 11) is 0. The first-order chi connectivity index (χ1) is 9.74. The summed E-state index contributed by atoms with van der Waals surface area (Å²) in [5.41, 5.74) is 0.833. The topological polar surface area (TPSA) is 29.1 Å². The van der Waals surface area contributed by atoms with Crippen molar-refractivity contribution >= 4 is 39.3 Å². The van der Waals surface area contributed by atoms with E-state index in [1.165, 1.54) is 4.90 Å². The number of thioether (sulfide) groups is 1. The van der Waals surface area contributed by atoms with Gasteiger partial charge in [0, 0.05) is 21.5 Å². The molecule has 1 N–H and O–H groups in total. The zero-order valence-electron chi connectivity index (χ0n) is 11.0. The molecular formula is C16H16BrNOS. The van der Waals surface area contributed by atoms with Gasteiger partial charge in [-0.25, -0.2) is 0 Å². The lowest BCUT2D eigenvalue weighted by Crippen LogP contribution is -2.11. The SMILES string of the molecule is O=C(CCCSc1ccccc1)Nc1cccc(Br)c1. The highest BCUT2D eigenvalue weighted by molar-refractivity contribution is 9.10. The molecule has 0 spiro atoms. The lowest BCUT2D eigenvalue weighted by Gasteiger charge is -2.05. The Labute approximate surface area is 132 Å². The van der Waals surface area contributed by atoms with Crippen molar-refractivity contribution in [2.24, 2.45) is 0 Å². The molecule has 2 aromatic carbocycles. The molecule has 0 aliphatic rings. The number of amides is 1. The van der Waals surface area contributed by atoms with Gasteiger partial charge in [0.15, 0.2) is 0 Å². The van der Waals surface area contributed by atoms with E-state index in [1.807, 2.05) is 42.5 Å². The van der Waals surface area contributed by atoms with Crippen molar-refractivity contribution in [1.29, 1.82) is 0 Å². The Morgan fingerprint density at radius 1 is 1.10 bits per heavy atom. The van der Waals surface area contributed by atoms with Crippen LogP contribution in [0.15, 0.2) is 64.0 Å². The van der Waals surface area contributed by atoms with Crippen LogP contribution < -0.4 is 5.32 Å². The van der Waals surface area contributed by atoms with Gasteiger partial charge in [-0.2, -0.15) is 0 Å². The van der Waals surface area contributed by atoms with Crippen LogP contribution in [-0.4, -0.2) is 11.7 Å². The third-order valence-electron chi connectivity index (χ3n) is 2.67. The molecule has 0 radical (unpaired) electrons. The number of nitrogens with one attached hydrogen (secondary N) is 1. The molecule has 20 heavy (non-hydrogen) atoms. The lowest BCUT2D eigenvalue weighted by molar-refractivity contribution is -0.116. The monoisotopic (exact) mass is 349 g/mol. The average Bonchev–Trinajstić information content (AvgIpc) is 2.45. The van der Waals surface area contributed by atoms with Gasteiger partial charge in [-0.15, -0.1) is 11.8 Å². The van der Waals surface area contributed by atoms with Gasteiger partial charge >= 0.3 is 0 Å². The van der Waals surface area contributed by atoms with Gasteiger partial charge < -0.3 is 5.32 Å². The summed E-state index contributed by atoms with van der Waals surface area (Å²) < 4.78 is 0.968. The van der Waals surface area contributed by atoms with Crippen molar-refractivity contribution in [3.63, 3.8) is 0 Å². The Morgan fingerprint density at radius 3 is 2.65 bits per heavy atom. The number of carbonyl (C=O) groups is 1. The minimum absolute atomic E-state index is 0.0664. The van der Waals surface area contributed by atoms with E-state index in [2.05, 4.69) is 33.4 Å². The van der Waals surface area contributed by atoms with Gasteiger partial charge in [0.2, 0.25) is 5.91 Å². The molecule has 0 atom stereocenters. The summed E-state index contributed by atoms with van der Waals surface area (Å²) >= 11 is 5.17. The second-order valence-corrected chi connectivity index (χ2v) is 6.41. The summed E-state index contributed by atoms with van der Waals surface area (Å²) in [5.74, 6) is 1.02. The van der Waals surface area contributed by atoms with E-state index >= 15 is 0 Å². The predicted molar refractivity (Wildman–Crippen MR) is 89.2 cm³/mol. The summed E-state index contributed by atoms with van der Waals surface area (Å²) in [6.45, 7) is 0. The standard InChI is InChI=1S/C16H16BrNOS/c17-13-6-4-7-14(12-13)18-16(19)10-5-11-20-15-8-2-1-3-9-15/h1-4,6-9,12H,5,10-11H2,(H,18,19). The fraction of sp³-hybridized carbons (Fsp3) is 0.188. The molecule has 0 saturated carbocycles. The minimum Gasteiger partial charge on any atom is -0.326 e. The Hall–Kier alpha value is -1.26. The smallest absolute Gasteiger partial charge is 0.224 e. The molecule has 0 saturated heterocycles. The maximum absolute atomic E-state index is 11.8. The summed E-state index contributed by atoms with van der Waals surface area (Å²) in [6, 6.07) is 17.9. The fourth-order valence-electron chi connectivity index (χ4n) is 1.73. The Morgan fingerprint density at radius 2 is 1.90 bits per heavy atom. The maximum atomic E-state index is 11.8. The molecule has 2 rings (SSSR count). The molecule has 0 aliphatic heterocycles.